The van der Waals surface area contributed by atoms with Crippen molar-refractivity contribution in [3.63, 3.8) is 0 Å². The van der Waals surface area contributed by atoms with E-state index in [-0.39, 0.29) is 5.70 Å². The van der Waals surface area contributed by atoms with Gasteiger partial charge in [0, 0.05) is 16.5 Å². The molecule has 0 saturated carbocycles. The van der Waals surface area contributed by atoms with Crippen LogP contribution >= 0.6 is 0 Å². The molecule has 0 amide bonds. The summed E-state index contributed by atoms with van der Waals surface area (Å²) in [7, 11) is 0. The molecule has 6 rings (SSSR count). The molecule has 0 bridgehead atoms. The zero-order valence-corrected chi connectivity index (χ0v) is 21.7. The number of hydrogen-bond donors (Lipinski definition) is 1. The van der Waals surface area contributed by atoms with Crippen molar-refractivity contribution >= 4 is 27.4 Å². The second-order valence-corrected chi connectivity index (χ2v) is 9.54. The van der Waals surface area contributed by atoms with Crippen LogP contribution in [0.4, 0.5) is 0 Å². The Morgan fingerprint density at radius 2 is 1.23 bits per heavy atom. The average molecular weight is 502 g/mol. The van der Waals surface area contributed by atoms with Crippen molar-refractivity contribution in [1.29, 1.82) is 5.26 Å². The first kappa shape index (κ1) is 24.0. The molecule has 6 aromatic rings. The molecule has 0 atom stereocenters. The minimum Gasteiger partial charge on any atom is -0.390 e. The Labute approximate surface area is 228 Å². The predicted octanol–water partition coefficient (Wildman–Crippen LogP) is 8.89. The van der Waals surface area contributed by atoms with Crippen LogP contribution in [0.3, 0.4) is 0 Å². The van der Waals surface area contributed by atoms with Gasteiger partial charge in [0.1, 0.15) is 11.8 Å². The van der Waals surface area contributed by atoms with Crippen molar-refractivity contribution in [2.75, 3.05) is 0 Å². The zero-order chi connectivity index (χ0) is 26.8. The van der Waals surface area contributed by atoms with E-state index in [9.17, 15) is 0 Å². The fraction of sp³-hybridized carbons (Fsp3) is 0.0278. The Bertz CT molecular complexity index is 1920. The fourth-order valence-electron chi connectivity index (χ4n) is 5.28. The van der Waals surface area contributed by atoms with Gasteiger partial charge in [-0.1, -0.05) is 84.9 Å². The van der Waals surface area contributed by atoms with Crippen LogP contribution in [0.15, 0.2) is 139 Å². The third-order valence-corrected chi connectivity index (χ3v) is 7.17. The van der Waals surface area contributed by atoms with Gasteiger partial charge in [-0.2, -0.15) is 5.26 Å². The summed E-state index contributed by atoms with van der Waals surface area (Å²) in [6.45, 7) is 1.96. The highest BCUT2D eigenvalue weighted by Gasteiger charge is 2.15. The molecule has 0 spiro atoms. The van der Waals surface area contributed by atoms with Crippen LogP contribution in [0, 0.1) is 11.3 Å². The lowest BCUT2D eigenvalue weighted by atomic mass is 9.97. The first-order chi connectivity index (χ1) is 19.2. The molecule has 0 aliphatic carbocycles. The van der Waals surface area contributed by atoms with Gasteiger partial charge in [0.25, 0.3) is 0 Å². The summed E-state index contributed by atoms with van der Waals surface area (Å²) in [5, 5.41) is 11.6. The standard InChI is InChI=1S/C36H27N3/c1-2-25(21-31(38)24-37)27-12-9-13-28(20-27)30-17-19-36-34(23-30)33-22-29(26-10-5-3-6-11-26)16-18-35(33)39(36)32-14-7-4-8-15-32/h2-23H,38H2,1H3/b25-2+,31-21-. The molecule has 0 aliphatic heterocycles. The molecular formula is C36H27N3. The Morgan fingerprint density at radius 1 is 0.667 bits per heavy atom. The number of nitrogens with two attached hydrogens (primary N) is 1. The maximum Gasteiger partial charge on any atom is 0.117 e. The van der Waals surface area contributed by atoms with E-state index >= 15 is 0 Å². The second kappa shape index (κ2) is 10.2. The monoisotopic (exact) mass is 501 g/mol. The Hall–Kier alpha value is -5.33. The van der Waals surface area contributed by atoms with Gasteiger partial charge in [-0.15, -0.1) is 0 Å². The van der Waals surface area contributed by atoms with Crippen molar-refractivity contribution in [2.24, 2.45) is 5.73 Å². The average Bonchev–Trinajstić information content (AvgIpc) is 3.33. The lowest BCUT2D eigenvalue weighted by molar-refractivity contribution is 1.18. The third kappa shape index (κ3) is 4.50. The zero-order valence-electron chi connectivity index (χ0n) is 21.7. The maximum absolute atomic E-state index is 9.15. The SMILES string of the molecule is C/C=C(\C=C(/N)C#N)c1cccc(-c2ccc3c(c2)c2cc(-c4ccccc4)ccc2n3-c2ccccc2)c1. The lowest BCUT2D eigenvalue weighted by Gasteiger charge is -2.09. The molecular weight excluding hydrogens is 474 g/mol. The van der Waals surface area contributed by atoms with Gasteiger partial charge >= 0.3 is 0 Å². The van der Waals surface area contributed by atoms with Gasteiger partial charge in [0.05, 0.1) is 11.0 Å². The Balaban J connectivity index is 1.56. The number of rotatable bonds is 5. The minimum atomic E-state index is 0.192. The number of para-hydroxylation sites is 1. The summed E-state index contributed by atoms with van der Waals surface area (Å²) in [6.07, 6.45) is 3.70. The largest absolute Gasteiger partial charge is 0.390 e. The third-order valence-electron chi connectivity index (χ3n) is 7.17. The van der Waals surface area contributed by atoms with E-state index in [0.717, 1.165) is 28.0 Å². The predicted molar refractivity (Wildman–Crippen MR) is 163 cm³/mol. The number of hydrogen-bond acceptors (Lipinski definition) is 2. The summed E-state index contributed by atoms with van der Waals surface area (Å²) in [6, 6.07) is 44.9. The smallest absolute Gasteiger partial charge is 0.117 e. The molecule has 0 fully saturated rings. The molecule has 1 heterocycles. The van der Waals surface area contributed by atoms with Crippen molar-refractivity contribution in [1.82, 2.24) is 4.57 Å². The number of aromatic nitrogens is 1. The van der Waals surface area contributed by atoms with Gasteiger partial charge in [0.15, 0.2) is 0 Å². The van der Waals surface area contributed by atoms with E-state index < -0.39 is 0 Å². The van der Waals surface area contributed by atoms with Crippen LogP contribution in [0.25, 0.3) is 55.3 Å². The number of nitriles is 1. The molecule has 2 N–H and O–H groups in total. The topological polar surface area (TPSA) is 54.7 Å². The van der Waals surface area contributed by atoms with Gasteiger partial charge in [0.2, 0.25) is 0 Å². The first-order valence-corrected chi connectivity index (χ1v) is 13.0. The van der Waals surface area contributed by atoms with E-state index in [0.29, 0.717) is 0 Å². The summed E-state index contributed by atoms with van der Waals surface area (Å²) in [5.41, 5.74) is 16.1. The van der Waals surface area contributed by atoms with Gasteiger partial charge < -0.3 is 10.3 Å². The second-order valence-electron chi connectivity index (χ2n) is 9.54. The lowest BCUT2D eigenvalue weighted by Crippen LogP contribution is -1.94. The maximum atomic E-state index is 9.15. The molecule has 0 aliphatic rings. The summed E-state index contributed by atoms with van der Waals surface area (Å²) in [4.78, 5) is 0. The fourth-order valence-corrected chi connectivity index (χ4v) is 5.28. The minimum absolute atomic E-state index is 0.192. The highest BCUT2D eigenvalue weighted by molar-refractivity contribution is 6.11. The Morgan fingerprint density at radius 3 is 1.85 bits per heavy atom. The van der Waals surface area contributed by atoms with Gasteiger partial charge in [-0.05, 0) is 88.9 Å². The van der Waals surface area contributed by atoms with E-state index in [1.165, 1.54) is 32.9 Å². The van der Waals surface area contributed by atoms with Crippen LogP contribution in [-0.2, 0) is 0 Å². The van der Waals surface area contributed by atoms with Crippen LogP contribution < -0.4 is 5.73 Å². The van der Waals surface area contributed by atoms with E-state index in [1.807, 2.05) is 31.2 Å². The molecule has 0 radical (unpaired) electrons. The van der Waals surface area contributed by atoms with Crippen LogP contribution in [-0.4, -0.2) is 4.57 Å². The molecule has 3 nitrogen and oxygen atoms in total. The van der Waals surface area contributed by atoms with Gasteiger partial charge in [-0.25, -0.2) is 0 Å². The highest BCUT2D eigenvalue weighted by Crippen LogP contribution is 2.37. The number of nitrogens with zero attached hydrogens (tertiary/aromatic N) is 2. The molecule has 39 heavy (non-hydrogen) atoms. The van der Waals surface area contributed by atoms with Crippen molar-refractivity contribution in [2.45, 2.75) is 6.92 Å². The Kier molecular flexibility index (Phi) is 6.29. The molecule has 0 unspecified atom stereocenters. The summed E-state index contributed by atoms with van der Waals surface area (Å²) in [5.74, 6) is 0. The molecule has 0 saturated heterocycles. The highest BCUT2D eigenvalue weighted by atomic mass is 15.0. The first-order valence-electron chi connectivity index (χ1n) is 13.0. The molecule has 5 aromatic carbocycles. The quantitative estimate of drug-likeness (QED) is 0.189. The number of fused-ring (bicyclic) bond motifs is 3. The molecule has 186 valence electrons. The van der Waals surface area contributed by atoms with Crippen molar-refractivity contribution < 1.29 is 0 Å². The van der Waals surface area contributed by atoms with Crippen molar-refractivity contribution in [3.05, 3.63) is 145 Å². The number of allylic oxidation sites excluding steroid dienone is 4. The van der Waals surface area contributed by atoms with Crippen LogP contribution in [0.2, 0.25) is 0 Å². The van der Waals surface area contributed by atoms with E-state index in [2.05, 4.69) is 114 Å². The van der Waals surface area contributed by atoms with E-state index in [4.69, 9.17) is 11.0 Å². The van der Waals surface area contributed by atoms with Crippen LogP contribution in [0.1, 0.15) is 12.5 Å². The van der Waals surface area contributed by atoms with Gasteiger partial charge in [-0.3, -0.25) is 0 Å². The van der Waals surface area contributed by atoms with Crippen molar-refractivity contribution in [3.8, 4) is 34.0 Å². The molecule has 1 aromatic heterocycles. The summed E-state index contributed by atoms with van der Waals surface area (Å²) < 4.78 is 2.34. The normalized spacial score (nSPS) is 12.1. The summed E-state index contributed by atoms with van der Waals surface area (Å²) >= 11 is 0. The van der Waals surface area contributed by atoms with Crippen LogP contribution in [0.5, 0.6) is 0 Å². The van der Waals surface area contributed by atoms with E-state index in [1.54, 1.807) is 6.08 Å². The number of benzene rings is 5. The molecule has 3 heteroatoms.